The zero-order valence-corrected chi connectivity index (χ0v) is 17.1. The van der Waals surface area contributed by atoms with Crippen LogP contribution >= 0.6 is 0 Å². The third-order valence-electron chi connectivity index (χ3n) is 5.71. The molecule has 3 aromatic carbocycles. The van der Waals surface area contributed by atoms with Crippen LogP contribution in [0.3, 0.4) is 0 Å². The van der Waals surface area contributed by atoms with Gasteiger partial charge < -0.3 is 25.2 Å². The van der Waals surface area contributed by atoms with E-state index in [4.69, 9.17) is 9.47 Å². The monoisotopic (exact) mass is 416 g/mol. The number of nitrogens with one attached hydrogen (secondary N) is 2. The number of phenols is 1. The second-order valence-corrected chi connectivity index (χ2v) is 7.81. The van der Waals surface area contributed by atoms with E-state index in [-0.39, 0.29) is 23.3 Å². The molecule has 3 aromatic rings. The first kappa shape index (κ1) is 19.5. The number of carbonyl (C=O) groups is 1. The highest BCUT2D eigenvalue weighted by atomic mass is 16.5. The summed E-state index contributed by atoms with van der Waals surface area (Å²) in [6.07, 6.45) is 1.56. The van der Waals surface area contributed by atoms with Gasteiger partial charge in [0.05, 0.1) is 18.2 Å². The summed E-state index contributed by atoms with van der Waals surface area (Å²) in [5.41, 5.74) is 3.84. The highest BCUT2D eigenvalue weighted by Gasteiger charge is 2.22. The molecule has 158 valence electrons. The van der Waals surface area contributed by atoms with E-state index in [9.17, 15) is 9.90 Å². The Morgan fingerprint density at radius 1 is 0.903 bits per heavy atom. The summed E-state index contributed by atoms with van der Waals surface area (Å²) in [7, 11) is 0. The van der Waals surface area contributed by atoms with Crippen molar-refractivity contribution in [3.63, 3.8) is 0 Å². The van der Waals surface area contributed by atoms with Crippen LogP contribution in [0.5, 0.6) is 23.0 Å². The summed E-state index contributed by atoms with van der Waals surface area (Å²) < 4.78 is 11.8. The number of amides is 1. The van der Waals surface area contributed by atoms with Gasteiger partial charge in [-0.15, -0.1) is 0 Å². The minimum atomic E-state index is -0.343. The van der Waals surface area contributed by atoms with Crippen LogP contribution in [0, 0.1) is 0 Å². The Balaban J connectivity index is 1.53. The summed E-state index contributed by atoms with van der Waals surface area (Å²) in [5, 5.41) is 16.6. The fourth-order valence-corrected chi connectivity index (χ4v) is 4.11. The van der Waals surface area contributed by atoms with E-state index in [1.165, 1.54) is 22.8 Å². The Morgan fingerprint density at radius 3 is 2.55 bits per heavy atom. The molecule has 8 bridgehead atoms. The molecule has 8 rings (SSSR count). The van der Waals surface area contributed by atoms with Crippen molar-refractivity contribution < 1.29 is 19.4 Å². The van der Waals surface area contributed by atoms with E-state index in [0.29, 0.717) is 31.1 Å². The molecule has 0 aliphatic carbocycles. The van der Waals surface area contributed by atoms with Crippen molar-refractivity contribution in [1.29, 1.82) is 0 Å². The fraction of sp³-hybridized carbons (Fsp3) is 0.240. The van der Waals surface area contributed by atoms with Gasteiger partial charge in [0.1, 0.15) is 23.0 Å². The first-order valence-electron chi connectivity index (χ1n) is 10.6. The number of rotatable bonds is 0. The maximum Gasteiger partial charge on any atom is 0.255 e. The van der Waals surface area contributed by atoms with E-state index in [1.807, 2.05) is 18.2 Å². The molecule has 1 unspecified atom stereocenters. The molecule has 31 heavy (non-hydrogen) atoms. The summed E-state index contributed by atoms with van der Waals surface area (Å²) in [6, 6.07) is 19.1. The van der Waals surface area contributed by atoms with Gasteiger partial charge in [-0.25, -0.2) is 0 Å². The number of hydrogen-bond donors (Lipinski definition) is 3. The summed E-state index contributed by atoms with van der Waals surface area (Å²) >= 11 is 0. The maximum atomic E-state index is 12.5. The molecular formula is C25H24N2O4. The number of hydrogen-bond acceptors (Lipinski definition) is 5. The molecule has 0 aromatic heterocycles. The Kier molecular flexibility index (Phi) is 5.22. The molecule has 3 N–H and O–H groups in total. The molecule has 0 saturated heterocycles. The van der Waals surface area contributed by atoms with Crippen molar-refractivity contribution >= 4 is 5.91 Å². The molecule has 5 aliphatic heterocycles. The highest BCUT2D eigenvalue weighted by Crippen LogP contribution is 2.34. The van der Waals surface area contributed by atoms with Gasteiger partial charge in [0.15, 0.2) is 0 Å². The van der Waals surface area contributed by atoms with Crippen molar-refractivity contribution in [2.45, 2.75) is 18.9 Å². The van der Waals surface area contributed by atoms with Crippen molar-refractivity contribution in [2.24, 2.45) is 0 Å². The van der Waals surface area contributed by atoms with Crippen LogP contribution in [0.2, 0.25) is 0 Å². The van der Waals surface area contributed by atoms with Gasteiger partial charge >= 0.3 is 0 Å². The lowest BCUT2D eigenvalue weighted by molar-refractivity contribution is 0.0948. The van der Waals surface area contributed by atoms with Crippen molar-refractivity contribution in [2.75, 3.05) is 19.7 Å². The summed E-state index contributed by atoms with van der Waals surface area (Å²) in [5.74, 6) is 1.59. The largest absolute Gasteiger partial charge is 0.507 e. The highest BCUT2D eigenvalue weighted by molar-refractivity contribution is 5.97. The lowest BCUT2D eigenvalue weighted by atomic mass is 9.89. The summed E-state index contributed by atoms with van der Waals surface area (Å²) in [6.45, 7) is 1.81. The lowest BCUT2D eigenvalue weighted by Crippen LogP contribution is -2.30. The topological polar surface area (TPSA) is 79.8 Å². The Labute approximate surface area is 180 Å². The van der Waals surface area contributed by atoms with E-state index in [0.717, 1.165) is 18.7 Å². The molecule has 5 aliphatic rings. The third-order valence-corrected chi connectivity index (χ3v) is 5.71. The SMILES string of the molecule is O=C1NCCCOc2ccc(cc2)C2NCCc3cc(ccc32)Oc2ccc(O)c1c2. The standard InChI is InChI=1S/C25H24N2O4/c28-23-9-7-20-15-22(23)25(29)27-11-1-13-30-18-4-2-16(3-5-18)24-21-8-6-19(31-20)14-17(21)10-12-26-24/h2-9,14-15,24,26,28H,1,10-13H2,(H,27,29). The van der Waals surface area contributed by atoms with Gasteiger partial charge in [0.25, 0.3) is 5.91 Å². The number of carbonyl (C=O) groups excluding carboxylic acids is 1. The van der Waals surface area contributed by atoms with Gasteiger partial charge in [-0.2, -0.15) is 0 Å². The number of benzene rings is 3. The minimum absolute atomic E-state index is 0.0776. The second-order valence-electron chi connectivity index (χ2n) is 7.81. The van der Waals surface area contributed by atoms with Crippen molar-refractivity contribution in [3.8, 4) is 23.0 Å². The van der Waals surface area contributed by atoms with Crippen LogP contribution < -0.4 is 20.1 Å². The van der Waals surface area contributed by atoms with E-state index < -0.39 is 0 Å². The zero-order valence-electron chi connectivity index (χ0n) is 17.1. The number of aromatic hydroxyl groups is 1. The van der Waals surface area contributed by atoms with Gasteiger partial charge in [-0.1, -0.05) is 18.2 Å². The van der Waals surface area contributed by atoms with Gasteiger partial charge in [0, 0.05) is 13.1 Å². The van der Waals surface area contributed by atoms with E-state index in [1.54, 1.807) is 12.1 Å². The Bertz CT molecular complexity index is 1110. The molecule has 5 heterocycles. The molecule has 6 heteroatoms. The first-order chi connectivity index (χ1) is 15.2. The van der Waals surface area contributed by atoms with Gasteiger partial charge in [0.2, 0.25) is 0 Å². The maximum absolute atomic E-state index is 12.5. The fourth-order valence-electron chi connectivity index (χ4n) is 4.11. The molecule has 0 saturated carbocycles. The average Bonchev–Trinajstić information content (AvgIpc) is 2.79. The van der Waals surface area contributed by atoms with Crippen LogP contribution in [-0.4, -0.2) is 30.7 Å². The van der Waals surface area contributed by atoms with E-state index >= 15 is 0 Å². The second kappa shape index (κ2) is 8.32. The lowest BCUT2D eigenvalue weighted by Gasteiger charge is -2.28. The summed E-state index contributed by atoms with van der Waals surface area (Å²) in [4.78, 5) is 12.5. The van der Waals surface area contributed by atoms with Crippen LogP contribution in [-0.2, 0) is 6.42 Å². The minimum Gasteiger partial charge on any atom is -0.507 e. The predicted molar refractivity (Wildman–Crippen MR) is 117 cm³/mol. The van der Waals surface area contributed by atoms with Gasteiger partial charge in [-0.05, 0) is 72.0 Å². The molecule has 6 nitrogen and oxygen atoms in total. The van der Waals surface area contributed by atoms with Crippen molar-refractivity contribution in [3.05, 3.63) is 82.9 Å². The number of phenolic OH excluding ortho intramolecular Hbond substituents is 1. The molecule has 0 spiro atoms. The molecule has 0 fully saturated rings. The Hall–Kier alpha value is -3.51. The van der Waals surface area contributed by atoms with E-state index in [2.05, 4.69) is 34.9 Å². The molecule has 1 atom stereocenters. The molecule has 1 amide bonds. The molecular weight excluding hydrogens is 392 g/mol. The first-order valence-corrected chi connectivity index (χ1v) is 10.6. The van der Waals surface area contributed by atoms with Crippen LogP contribution in [0.4, 0.5) is 0 Å². The Morgan fingerprint density at radius 2 is 1.68 bits per heavy atom. The van der Waals surface area contributed by atoms with Crippen LogP contribution in [0.15, 0.2) is 60.7 Å². The predicted octanol–water partition coefficient (Wildman–Crippen LogP) is 3.93. The smallest absolute Gasteiger partial charge is 0.255 e. The normalized spacial score (nSPS) is 18.2. The number of ether oxygens (including phenoxy) is 2. The average molecular weight is 416 g/mol. The zero-order chi connectivity index (χ0) is 21.2. The quantitative estimate of drug-likeness (QED) is 0.517. The molecule has 0 radical (unpaired) electrons. The van der Waals surface area contributed by atoms with Crippen molar-refractivity contribution in [1.82, 2.24) is 10.6 Å². The van der Waals surface area contributed by atoms with Crippen LogP contribution in [0.1, 0.15) is 39.5 Å². The van der Waals surface area contributed by atoms with Gasteiger partial charge in [-0.3, -0.25) is 4.79 Å². The van der Waals surface area contributed by atoms with Crippen LogP contribution in [0.25, 0.3) is 0 Å². The third kappa shape index (κ3) is 4.07.